The predicted octanol–water partition coefficient (Wildman–Crippen LogP) is 7.62. The minimum absolute atomic E-state index is 0.152. The summed E-state index contributed by atoms with van der Waals surface area (Å²) in [5.41, 5.74) is 1.28. The second-order valence-corrected chi connectivity index (χ2v) is 8.57. The number of nitriles is 1. The van der Waals surface area contributed by atoms with Crippen molar-refractivity contribution in [2.75, 3.05) is 0 Å². The van der Waals surface area contributed by atoms with Gasteiger partial charge in [0.1, 0.15) is 11.9 Å². The van der Waals surface area contributed by atoms with Crippen LogP contribution in [0.2, 0.25) is 0 Å². The van der Waals surface area contributed by atoms with Crippen LogP contribution in [0.5, 0.6) is 0 Å². The van der Waals surface area contributed by atoms with E-state index in [0.717, 1.165) is 6.42 Å². The Hall–Kier alpha value is -1.95. The number of halogens is 2. The SMILES string of the molecule is N#CC(F)=CCC[C@H]1CC[C@H](C=C[C@H]2CC[C@H](c3ccc(F)cc3)CC2)CC1. The maximum Gasteiger partial charge on any atom is 0.196 e. The molecule has 0 heterocycles. The summed E-state index contributed by atoms with van der Waals surface area (Å²) in [4.78, 5) is 0. The van der Waals surface area contributed by atoms with Crippen molar-refractivity contribution < 1.29 is 8.78 Å². The Morgan fingerprint density at radius 1 is 0.929 bits per heavy atom. The molecule has 2 aliphatic rings. The van der Waals surface area contributed by atoms with Crippen molar-refractivity contribution in [3.8, 4) is 6.07 Å². The number of allylic oxidation sites excluding steroid dienone is 4. The van der Waals surface area contributed by atoms with Crippen molar-refractivity contribution in [1.29, 1.82) is 5.26 Å². The first-order valence-electron chi connectivity index (χ1n) is 10.8. The quantitative estimate of drug-likeness (QED) is 0.366. The molecule has 28 heavy (non-hydrogen) atoms. The van der Waals surface area contributed by atoms with Gasteiger partial charge in [0.25, 0.3) is 0 Å². The molecule has 0 atom stereocenters. The fourth-order valence-corrected chi connectivity index (χ4v) is 4.85. The molecule has 0 aromatic heterocycles. The van der Waals surface area contributed by atoms with Gasteiger partial charge >= 0.3 is 0 Å². The fraction of sp³-hybridized carbons (Fsp3) is 0.560. The smallest absolute Gasteiger partial charge is 0.196 e. The van der Waals surface area contributed by atoms with Crippen molar-refractivity contribution in [1.82, 2.24) is 0 Å². The van der Waals surface area contributed by atoms with Gasteiger partial charge in [0.15, 0.2) is 5.83 Å². The van der Waals surface area contributed by atoms with E-state index in [0.29, 0.717) is 30.1 Å². The first-order valence-corrected chi connectivity index (χ1v) is 10.8. The van der Waals surface area contributed by atoms with Crippen LogP contribution >= 0.6 is 0 Å². The van der Waals surface area contributed by atoms with Gasteiger partial charge in [-0.15, -0.1) is 0 Å². The van der Waals surface area contributed by atoms with Crippen LogP contribution in [0, 0.1) is 34.9 Å². The minimum Gasteiger partial charge on any atom is -0.207 e. The molecule has 0 amide bonds. The normalized spacial score (nSPS) is 29.0. The van der Waals surface area contributed by atoms with E-state index >= 15 is 0 Å². The van der Waals surface area contributed by atoms with Crippen LogP contribution in [-0.2, 0) is 0 Å². The topological polar surface area (TPSA) is 23.8 Å². The number of rotatable bonds is 6. The molecule has 2 fully saturated rings. The van der Waals surface area contributed by atoms with Gasteiger partial charge in [0.05, 0.1) is 0 Å². The van der Waals surface area contributed by atoms with E-state index < -0.39 is 5.83 Å². The average Bonchev–Trinajstić information content (AvgIpc) is 2.74. The molecular formula is C25H31F2N. The number of nitrogens with zero attached hydrogens (tertiary/aromatic N) is 1. The molecule has 2 aliphatic carbocycles. The van der Waals surface area contributed by atoms with Gasteiger partial charge in [0, 0.05) is 0 Å². The van der Waals surface area contributed by atoms with Crippen LogP contribution in [0.4, 0.5) is 8.78 Å². The number of hydrogen-bond donors (Lipinski definition) is 0. The molecule has 0 aliphatic heterocycles. The number of benzene rings is 1. The van der Waals surface area contributed by atoms with Crippen molar-refractivity contribution in [3.63, 3.8) is 0 Å². The summed E-state index contributed by atoms with van der Waals surface area (Å²) >= 11 is 0. The highest BCUT2D eigenvalue weighted by atomic mass is 19.1. The average molecular weight is 384 g/mol. The monoisotopic (exact) mass is 383 g/mol. The van der Waals surface area contributed by atoms with Gasteiger partial charge in [-0.25, -0.2) is 4.39 Å². The molecule has 1 aromatic rings. The van der Waals surface area contributed by atoms with E-state index in [2.05, 4.69) is 12.2 Å². The van der Waals surface area contributed by atoms with Gasteiger partial charge in [-0.05, 0) is 112 Å². The molecule has 2 saturated carbocycles. The maximum atomic E-state index is 13.1. The summed E-state index contributed by atoms with van der Waals surface area (Å²) in [6.07, 6.45) is 17.8. The van der Waals surface area contributed by atoms with E-state index in [4.69, 9.17) is 5.26 Å². The molecule has 3 heteroatoms. The lowest BCUT2D eigenvalue weighted by Gasteiger charge is -2.29. The van der Waals surface area contributed by atoms with Gasteiger partial charge in [-0.1, -0.05) is 24.3 Å². The van der Waals surface area contributed by atoms with Gasteiger partial charge in [-0.3, -0.25) is 0 Å². The van der Waals surface area contributed by atoms with Crippen LogP contribution < -0.4 is 0 Å². The molecular weight excluding hydrogens is 352 g/mol. The van der Waals surface area contributed by atoms with E-state index in [1.165, 1.54) is 63.0 Å². The van der Waals surface area contributed by atoms with Gasteiger partial charge in [-0.2, -0.15) is 9.65 Å². The highest BCUT2D eigenvalue weighted by Gasteiger charge is 2.22. The Morgan fingerprint density at radius 3 is 2.07 bits per heavy atom. The molecule has 3 rings (SSSR count). The zero-order valence-corrected chi connectivity index (χ0v) is 16.6. The third kappa shape index (κ3) is 6.30. The largest absolute Gasteiger partial charge is 0.207 e. The van der Waals surface area contributed by atoms with Crippen LogP contribution in [0.25, 0.3) is 0 Å². The summed E-state index contributed by atoms with van der Waals surface area (Å²) < 4.78 is 25.9. The lowest BCUT2D eigenvalue weighted by atomic mass is 9.77. The van der Waals surface area contributed by atoms with Crippen LogP contribution in [0.1, 0.15) is 75.7 Å². The number of hydrogen-bond acceptors (Lipinski definition) is 1. The Balaban J connectivity index is 1.36. The Morgan fingerprint density at radius 2 is 1.50 bits per heavy atom. The first-order chi connectivity index (χ1) is 13.6. The van der Waals surface area contributed by atoms with E-state index in [1.807, 2.05) is 12.1 Å². The lowest BCUT2D eigenvalue weighted by molar-refractivity contribution is 0.295. The molecule has 0 spiro atoms. The summed E-state index contributed by atoms with van der Waals surface area (Å²) in [5.74, 6) is 1.84. The second kappa shape index (κ2) is 10.6. The molecule has 0 saturated heterocycles. The zero-order valence-electron chi connectivity index (χ0n) is 16.6. The second-order valence-electron chi connectivity index (χ2n) is 8.57. The van der Waals surface area contributed by atoms with Gasteiger partial charge in [0.2, 0.25) is 0 Å². The Kier molecular flexibility index (Phi) is 7.83. The molecule has 0 radical (unpaired) electrons. The molecule has 0 N–H and O–H groups in total. The molecule has 1 nitrogen and oxygen atoms in total. The van der Waals surface area contributed by atoms with E-state index in [9.17, 15) is 8.78 Å². The summed E-state index contributed by atoms with van der Waals surface area (Å²) in [6.45, 7) is 0. The zero-order chi connectivity index (χ0) is 19.8. The Bertz CT molecular complexity index is 697. The molecule has 0 bridgehead atoms. The predicted molar refractivity (Wildman–Crippen MR) is 110 cm³/mol. The van der Waals surface area contributed by atoms with Crippen LogP contribution in [0.15, 0.2) is 48.3 Å². The van der Waals surface area contributed by atoms with Gasteiger partial charge < -0.3 is 0 Å². The summed E-state index contributed by atoms with van der Waals surface area (Å²) in [5, 5.41) is 8.44. The highest BCUT2D eigenvalue weighted by Crippen LogP contribution is 2.37. The summed E-state index contributed by atoms with van der Waals surface area (Å²) in [7, 11) is 0. The van der Waals surface area contributed by atoms with Crippen LogP contribution in [0.3, 0.4) is 0 Å². The molecule has 1 aromatic carbocycles. The van der Waals surface area contributed by atoms with Crippen molar-refractivity contribution in [3.05, 3.63) is 59.7 Å². The van der Waals surface area contributed by atoms with Crippen LogP contribution in [-0.4, -0.2) is 0 Å². The first kappa shape index (κ1) is 20.8. The van der Waals surface area contributed by atoms with Crippen molar-refractivity contribution in [2.45, 2.75) is 70.1 Å². The molecule has 0 unspecified atom stereocenters. The maximum absolute atomic E-state index is 13.1. The Labute approximate surface area is 168 Å². The fourth-order valence-electron chi connectivity index (χ4n) is 4.85. The lowest BCUT2D eigenvalue weighted by Crippen LogP contribution is -2.14. The van der Waals surface area contributed by atoms with E-state index in [-0.39, 0.29) is 5.82 Å². The third-order valence-corrected chi connectivity index (χ3v) is 6.67. The van der Waals surface area contributed by atoms with Crippen molar-refractivity contribution in [2.24, 2.45) is 17.8 Å². The standard InChI is InChI=1S/C25H31F2N/c26-24-16-14-23(15-17-24)22-12-10-21(11-13-22)9-8-20-6-4-19(5-7-20)2-1-3-25(27)18-28/h3,8-9,14-17,19-22H,1-2,4-7,10-13H2/t19-,20-,21-,22-. The highest BCUT2D eigenvalue weighted by molar-refractivity contribution is 5.21. The minimum atomic E-state index is -0.647. The van der Waals surface area contributed by atoms with Crippen molar-refractivity contribution >= 4 is 0 Å². The summed E-state index contributed by atoms with van der Waals surface area (Å²) in [6, 6.07) is 8.58. The van der Waals surface area contributed by atoms with E-state index in [1.54, 1.807) is 18.2 Å². The third-order valence-electron chi connectivity index (χ3n) is 6.67. The molecule has 150 valence electrons.